The highest BCUT2D eigenvalue weighted by molar-refractivity contribution is 6.11. The monoisotopic (exact) mass is 993 g/mol. The third kappa shape index (κ3) is 11.4. The van der Waals surface area contributed by atoms with Crippen LogP contribution in [0.15, 0.2) is 180 Å². The lowest BCUT2D eigenvalue weighted by Crippen LogP contribution is -1.97. The van der Waals surface area contributed by atoms with Gasteiger partial charge < -0.3 is 25.0 Å². The summed E-state index contributed by atoms with van der Waals surface area (Å²) < 4.78 is 2.18. The molecule has 0 saturated carbocycles. The molecule has 1 aromatic heterocycles. The topological polar surface area (TPSA) is 249 Å². The highest BCUT2D eigenvalue weighted by Crippen LogP contribution is 2.37. The van der Waals surface area contributed by atoms with Crippen molar-refractivity contribution < 1.29 is 39.6 Å². The largest absolute Gasteiger partial charge is 0.477 e. The van der Waals surface area contributed by atoms with Gasteiger partial charge in [-0.3, -0.25) is 0 Å². The minimum atomic E-state index is -1.35. The Kier molecular flexibility index (Phi) is 15.0. The summed E-state index contributed by atoms with van der Waals surface area (Å²) in [5, 5.41) is 77.3. The number of hydrogen-bond acceptors (Lipinski definition) is 8. The van der Waals surface area contributed by atoms with Crippen LogP contribution in [0.2, 0.25) is 0 Å². The molecular weight excluding hydrogens is 955 g/mol. The van der Waals surface area contributed by atoms with Gasteiger partial charge in [-0.05, 0) is 147 Å². The van der Waals surface area contributed by atoms with Gasteiger partial charge in [-0.25, -0.2) is 19.2 Å². The summed E-state index contributed by atoms with van der Waals surface area (Å²) in [5.41, 5.74) is 10.2. The van der Waals surface area contributed by atoms with E-state index in [0.717, 1.165) is 77.6 Å². The van der Waals surface area contributed by atoms with Gasteiger partial charge in [0.05, 0.1) is 11.0 Å². The predicted molar refractivity (Wildman–Crippen MR) is 290 cm³/mol. The van der Waals surface area contributed by atoms with Crippen LogP contribution < -0.4 is 0 Å². The van der Waals surface area contributed by atoms with E-state index in [0.29, 0.717) is 22.3 Å². The molecule has 0 aliphatic heterocycles. The first-order valence-corrected chi connectivity index (χ1v) is 23.1. The molecule has 13 heteroatoms. The third-order valence-corrected chi connectivity index (χ3v) is 12.3. The van der Waals surface area contributed by atoms with Crippen molar-refractivity contribution in [2.75, 3.05) is 0 Å². The highest BCUT2D eigenvalue weighted by Gasteiger charge is 2.17. The Balaban J connectivity index is 1.32. The molecule has 0 radical (unpaired) electrons. The normalized spacial score (nSPS) is 11.6. The Morgan fingerprint density at radius 1 is 0.368 bits per heavy atom. The van der Waals surface area contributed by atoms with Gasteiger partial charge in [0.25, 0.3) is 0 Å². The van der Waals surface area contributed by atoms with Crippen molar-refractivity contribution in [1.29, 1.82) is 21.0 Å². The number of rotatable bonds is 15. The van der Waals surface area contributed by atoms with Crippen molar-refractivity contribution in [1.82, 2.24) is 4.57 Å². The third-order valence-electron chi connectivity index (χ3n) is 12.3. The molecule has 7 aromatic carbocycles. The van der Waals surface area contributed by atoms with Crippen LogP contribution in [0.25, 0.3) is 75.1 Å². The Hall–Kier alpha value is -11.4. The lowest BCUT2D eigenvalue weighted by Gasteiger charge is -2.11. The maximum atomic E-state index is 11.6. The zero-order valence-corrected chi connectivity index (χ0v) is 40.1. The molecule has 76 heavy (non-hydrogen) atoms. The SMILES string of the molecule is Cc1ccc(-n2c3ccc(C=C(c4ccc(/C=C(\C#N)C(=O)O)cc4)c4ccc(/C=C(\C#N)C(=O)O)cc4)cc3c3cc(C=C(c4ccc(/C=C(\C#N)C(=O)O)cc4)c4ccc(/C=C(\C#N)C(=O)O)cc4)ccc32)cc1. The standard InChI is InChI=1S/C63H39N5O8/c1-38-2-22-53(23-3-38)68-58-24-12-43(30-54(45-14-4-39(5-15-45)26-49(34-64)60(69)70)46-16-6-40(7-17-46)27-50(35-65)61(71)72)32-56(58)57-33-44(13-25-59(57)68)31-55(47-18-8-41(9-19-47)28-51(36-66)62(73)74)48-20-10-42(11-21-48)29-52(37-67)63(75)76/h2-33H,1H3,(H,69,70)(H,71,72)(H,73,74)(H,75,76)/b49-26+,50-27+,51-28+,52-29+. The number of carboxylic acid groups (broad SMARTS) is 4. The van der Waals surface area contributed by atoms with Gasteiger partial charge in [-0.2, -0.15) is 21.0 Å². The number of fused-ring (bicyclic) bond motifs is 3. The van der Waals surface area contributed by atoms with E-state index in [2.05, 4.69) is 28.8 Å². The fourth-order valence-corrected chi connectivity index (χ4v) is 8.48. The molecule has 4 N–H and O–H groups in total. The Morgan fingerprint density at radius 2 is 0.632 bits per heavy atom. The van der Waals surface area contributed by atoms with Crippen LogP contribution in [0.1, 0.15) is 61.2 Å². The minimum absolute atomic E-state index is 0.423. The molecule has 0 aliphatic carbocycles. The van der Waals surface area contributed by atoms with Crippen molar-refractivity contribution in [2.24, 2.45) is 0 Å². The maximum Gasteiger partial charge on any atom is 0.346 e. The fourth-order valence-electron chi connectivity index (χ4n) is 8.48. The molecule has 0 amide bonds. The second-order valence-corrected chi connectivity index (χ2v) is 17.2. The average molecular weight is 994 g/mol. The fraction of sp³-hybridized carbons (Fsp3) is 0.0159. The van der Waals surface area contributed by atoms with E-state index >= 15 is 0 Å². The van der Waals surface area contributed by atoms with Crippen molar-refractivity contribution >= 4 is 93.3 Å². The van der Waals surface area contributed by atoms with E-state index in [1.54, 1.807) is 72.8 Å². The Bertz CT molecular complexity index is 3630. The molecule has 0 spiro atoms. The van der Waals surface area contributed by atoms with Crippen LogP contribution in [0, 0.1) is 52.2 Å². The van der Waals surface area contributed by atoms with Crippen molar-refractivity contribution in [3.63, 3.8) is 0 Å². The first-order chi connectivity index (χ1) is 36.7. The van der Waals surface area contributed by atoms with E-state index in [-0.39, 0.29) is 0 Å². The van der Waals surface area contributed by atoms with Crippen LogP contribution in [-0.2, 0) is 19.2 Å². The smallest absolute Gasteiger partial charge is 0.346 e. The second-order valence-electron chi connectivity index (χ2n) is 17.2. The number of hydrogen-bond donors (Lipinski definition) is 4. The molecule has 0 unspecified atom stereocenters. The number of carbonyl (C=O) groups is 4. The van der Waals surface area contributed by atoms with Crippen LogP contribution in [0.3, 0.4) is 0 Å². The first-order valence-electron chi connectivity index (χ1n) is 23.1. The van der Waals surface area contributed by atoms with Crippen molar-refractivity contribution in [3.05, 3.63) is 241 Å². The van der Waals surface area contributed by atoms with Gasteiger partial charge >= 0.3 is 23.9 Å². The molecule has 0 bridgehead atoms. The summed E-state index contributed by atoms with van der Waals surface area (Å²) in [6.07, 6.45) is 9.14. The van der Waals surface area contributed by atoms with Crippen LogP contribution in [0.4, 0.5) is 0 Å². The molecule has 0 saturated heterocycles. The van der Waals surface area contributed by atoms with Crippen LogP contribution in [0.5, 0.6) is 0 Å². The molecule has 8 rings (SSSR count). The van der Waals surface area contributed by atoms with Gasteiger partial charge in [0, 0.05) is 16.5 Å². The average Bonchev–Trinajstić information content (AvgIpc) is 3.78. The van der Waals surface area contributed by atoms with E-state index in [9.17, 15) is 60.7 Å². The summed E-state index contributed by atoms with van der Waals surface area (Å²) in [7, 11) is 0. The molecular formula is C63H39N5O8. The van der Waals surface area contributed by atoms with Crippen LogP contribution >= 0.6 is 0 Å². The zero-order valence-electron chi connectivity index (χ0n) is 40.1. The van der Waals surface area contributed by atoms with E-state index in [4.69, 9.17) is 0 Å². The van der Waals surface area contributed by atoms with Gasteiger partial charge in [0.15, 0.2) is 0 Å². The number of benzene rings is 7. The molecule has 364 valence electrons. The summed E-state index contributed by atoms with van der Waals surface area (Å²) in [6, 6.07) is 55.4. The zero-order chi connectivity index (χ0) is 54.0. The summed E-state index contributed by atoms with van der Waals surface area (Å²) in [4.78, 5) is 46.5. The van der Waals surface area contributed by atoms with Gasteiger partial charge in [-0.15, -0.1) is 0 Å². The molecule has 13 nitrogen and oxygen atoms in total. The lowest BCUT2D eigenvalue weighted by molar-refractivity contribution is -0.133. The molecule has 8 aromatic rings. The van der Waals surface area contributed by atoms with Crippen molar-refractivity contribution in [2.45, 2.75) is 6.92 Å². The van der Waals surface area contributed by atoms with Crippen LogP contribution in [-0.4, -0.2) is 48.9 Å². The minimum Gasteiger partial charge on any atom is -0.477 e. The second kappa shape index (κ2) is 22.4. The summed E-state index contributed by atoms with van der Waals surface area (Å²) >= 11 is 0. The molecule has 0 atom stereocenters. The Morgan fingerprint density at radius 3 is 0.882 bits per heavy atom. The summed E-state index contributed by atoms with van der Waals surface area (Å²) in [6.45, 7) is 2.02. The number of nitriles is 4. The Labute approximate surface area is 434 Å². The summed E-state index contributed by atoms with van der Waals surface area (Å²) in [5.74, 6) is -5.40. The molecule has 0 fully saturated rings. The number of carboxylic acids is 4. The number of aryl methyl sites for hydroxylation is 1. The highest BCUT2D eigenvalue weighted by atomic mass is 16.4. The van der Waals surface area contributed by atoms with E-state index in [1.807, 2.05) is 104 Å². The number of nitrogens with zero attached hydrogens (tertiary/aromatic N) is 5. The quantitative estimate of drug-likeness (QED) is 0.0425. The van der Waals surface area contributed by atoms with Gasteiger partial charge in [0.1, 0.15) is 46.6 Å². The van der Waals surface area contributed by atoms with E-state index < -0.39 is 46.2 Å². The maximum absolute atomic E-state index is 11.6. The van der Waals surface area contributed by atoms with E-state index in [1.165, 1.54) is 24.3 Å². The molecule has 1 heterocycles. The number of aliphatic carboxylic acids is 4. The lowest BCUT2D eigenvalue weighted by atomic mass is 9.93. The van der Waals surface area contributed by atoms with Crippen molar-refractivity contribution in [3.8, 4) is 30.0 Å². The first kappa shape index (κ1) is 51.0. The predicted octanol–water partition coefficient (Wildman–Crippen LogP) is 12.2. The van der Waals surface area contributed by atoms with Gasteiger partial charge in [-0.1, -0.05) is 127 Å². The number of aromatic nitrogens is 1. The molecule has 0 aliphatic rings. The van der Waals surface area contributed by atoms with Gasteiger partial charge in [0.2, 0.25) is 0 Å².